The first-order valence-electron chi connectivity index (χ1n) is 9.33. The maximum atomic E-state index is 4.47. The summed E-state index contributed by atoms with van der Waals surface area (Å²) >= 11 is 0. The van der Waals surface area contributed by atoms with Gasteiger partial charge in [0.25, 0.3) is 0 Å². The van der Waals surface area contributed by atoms with Crippen LogP contribution in [0, 0.1) is 6.92 Å². The molecule has 1 fully saturated rings. The van der Waals surface area contributed by atoms with Gasteiger partial charge >= 0.3 is 0 Å². The van der Waals surface area contributed by atoms with Gasteiger partial charge in [-0.2, -0.15) is 0 Å². The molecule has 5 nitrogen and oxygen atoms in total. The maximum Gasteiger partial charge on any atom is 0.173 e. The molecule has 0 radical (unpaired) electrons. The van der Waals surface area contributed by atoms with E-state index in [0.29, 0.717) is 6.04 Å². The van der Waals surface area contributed by atoms with Crippen LogP contribution >= 0.6 is 0 Å². The summed E-state index contributed by atoms with van der Waals surface area (Å²) in [6, 6.07) is 9.38. The number of hydrogen-bond donors (Lipinski definition) is 0. The minimum atomic E-state index is 0.123. The largest absolute Gasteiger partial charge is 0.290 e. The van der Waals surface area contributed by atoms with Crippen LogP contribution in [-0.4, -0.2) is 38.2 Å². The Labute approximate surface area is 145 Å². The molecule has 130 valence electrons. The topological polar surface area (TPSA) is 46.8 Å². The average Bonchev–Trinajstić information content (AvgIpc) is 3.10. The quantitative estimate of drug-likeness (QED) is 0.807. The molecule has 1 atom stereocenters. The van der Waals surface area contributed by atoms with E-state index in [2.05, 4.69) is 70.1 Å². The zero-order valence-electron chi connectivity index (χ0n) is 15.1. The molecule has 0 bridgehead atoms. The lowest BCUT2D eigenvalue weighted by Crippen LogP contribution is -2.32. The van der Waals surface area contributed by atoms with E-state index in [1.807, 2.05) is 0 Å². The number of aromatic nitrogens is 4. The van der Waals surface area contributed by atoms with Gasteiger partial charge in [-0.3, -0.25) is 4.90 Å². The molecule has 0 spiro atoms. The van der Waals surface area contributed by atoms with Crippen LogP contribution < -0.4 is 0 Å². The van der Waals surface area contributed by atoms with Crippen molar-refractivity contribution < 1.29 is 0 Å². The Balaban J connectivity index is 1.99. The average molecular weight is 327 g/mol. The van der Waals surface area contributed by atoms with E-state index in [0.717, 1.165) is 18.9 Å². The molecule has 1 aliphatic carbocycles. The lowest BCUT2D eigenvalue weighted by Gasteiger charge is -2.31. The van der Waals surface area contributed by atoms with E-state index in [1.54, 1.807) is 0 Å². The molecule has 1 aromatic carbocycles. The molecule has 24 heavy (non-hydrogen) atoms. The van der Waals surface area contributed by atoms with Crippen molar-refractivity contribution in [3.05, 3.63) is 41.2 Å². The normalized spacial score (nSPS) is 17.3. The first-order chi connectivity index (χ1) is 11.7. The molecule has 2 aromatic rings. The van der Waals surface area contributed by atoms with Crippen LogP contribution in [0.15, 0.2) is 24.3 Å². The van der Waals surface area contributed by atoms with E-state index in [1.165, 1.54) is 43.2 Å². The highest BCUT2D eigenvalue weighted by atomic mass is 15.6. The summed E-state index contributed by atoms with van der Waals surface area (Å²) < 4.78 is 2.11. The van der Waals surface area contributed by atoms with Crippen molar-refractivity contribution in [3.63, 3.8) is 0 Å². The summed E-state index contributed by atoms with van der Waals surface area (Å²) in [5.41, 5.74) is 2.56. The first-order valence-corrected chi connectivity index (χ1v) is 9.33. The van der Waals surface area contributed by atoms with Gasteiger partial charge in [0.05, 0.1) is 12.1 Å². The molecule has 0 aliphatic heterocycles. The maximum absolute atomic E-state index is 4.47. The number of hydrogen-bond acceptors (Lipinski definition) is 4. The van der Waals surface area contributed by atoms with E-state index in [4.69, 9.17) is 0 Å². The fourth-order valence-electron chi connectivity index (χ4n) is 3.83. The van der Waals surface area contributed by atoms with Gasteiger partial charge in [0.1, 0.15) is 0 Å². The summed E-state index contributed by atoms with van der Waals surface area (Å²) in [5.74, 6) is 0.995. The Bertz CT molecular complexity index is 623. The van der Waals surface area contributed by atoms with Crippen LogP contribution in [0.3, 0.4) is 0 Å². The molecule has 1 aliphatic rings. The Kier molecular flexibility index (Phi) is 5.61. The molecule has 1 aromatic heterocycles. The van der Waals surface area contributed by atoms with Crippen LogP contribution in [-0.2, 0) is 0 Å². The number of rotatable bonds is 6. The standard InChI is InChI=1S/C19H29N5/c1-4-23(5-2)18(16-13-11-15(3)12-14-16)19-20-21-22-24(19)17-9-7-6-8-10-17/h11-14,17-18H,4-10H2,1-3H3/t18-/m1/s1. The molecule has 1 heterocycles. The fraction of sp³-hybridized carbons (Fsp3) is 0.632. The second kappa shape index (κ2) is 7.88. The van der Waals surface area contributed by atoms with E-state index >= 15 is 0 Å². The zero-order chi connectivity index (χ0) is 16.9. The molecule has 1 saturated carbocycles. The number of aryl methyl sites for hydroxylation is 1. The third-order valence-electron chi connectivity index (χ3n) is 5.25. The Morgan fingerprint density at radius 2 is 1.75 bits per heavy atom. The summed E-state index contributed by atoms with van der Waals surface area (Å²) in [4.78, 5) is 2.44. The Hall–Kier alpha value is -1.75. The second-order valence-corrected chi connectivity index (χ2v) is 6.81. The zero-order valence-corrected chi connectivity index (χ0v) is 15.1. The van der Waals surface area contributed by atoms with Crippen LogP contribution in [0.4, 0.5) is 0 Å². The summed E-state index contributed by atoms with van der Waals surface area (Å²) in [5, 5.41) is 12.9. The van der Waals surface area contributed by atoms with E-state index in [9.17, 15) is 0 Å². The summed E-state index contributed by atoms with van der Waals surface area (Å²) in [6.45, 7) is 8.50. The molecule has 0 saturated heterocycles. The smallest absolute Gasteiger partial charge is 0.173 e. The first kappa shape index (κ1) is 17.1. The van der Waals surface area contributed by atoms with Gasteiger partial charge in [-0.15, -0.1) is 5.10 Å². The lowest BCUT2D eigenvalue weighted by atomic mass is 9.95. The van der Waals surface area contributed by atoms with Crippen molar-refractivity contribution >= 4 is 0 Å². The fourth-order valence-corrected chi connectivity index (χ4v) is 3.83. The molecule has 3 rings (SSSR count). The molecular formula is C19H29N5. The van der Waals surface area contributed by atoms with Crippen molar-refractivity contribution in [2.75, 3.05) is 13.1 Å². The minimum absolute atomic E-state index is 0.123. The van der Waals surface area contributed by atoms with Gasteiger partial charge in [-0.05, 0) is 48.8 Å². The third-order valence-corrected chi connectivity index (χ3v) is 5.25. The van der Waals surface area contributed by atoms with Crippen LogP contribution in [0.5, 0.6) is 0 Å². The van der Waals surface area contributed by atoms with Crippen molar-refractivity contribution in [2.45, 2.75) is 65.0 Å². The predicted octanol–water partition coefficient (Wildman–Crippen LogP) is 3.92. The number of benzene rings is 1. The molecule has 5 heteroatoms. The molecule has 0 amide bonds. The summed E-state index contributed by atoms with van der Waals surface area (Å²) in [7, 11) is 0. The second-order valence-electron chi connectivity index (χ2n) is 6.81. The Morgan fingerprint density at radius 3 is 2.38 bits per heavy atom. The minimum Gasteiger partial charge on any atom is -0.290 e. The number of nitrogens with zero attached hydrogens (tertiary/aromatic N) is 5. The molecule has 0 unspecified atom stereocenters. The van der Waals surface area contributed by atoms with Gasteiger partial charge < -0.3 is 0 Å². The predicted molar refractivity (Wildman–Crippen MR) is 95.9 cm³/mol. The highest BCUT2D eigenvalue weighted by molar-refractivity contribution is 5.28. The van der Waals surface area contributed by atoms with Gasteiger partial charge in [-0.1, -0.05) is 62.9 Å². The Morgan fingerprint density at radius 1 is 1.08 bits per heavy atom. The van der Waals surface area contributed by atoms with Crippen LogP contribution in [0.25, 0.3) is 0 Å². The van der Waals surface area contributed by atoms with Gasteiger partial charge in [0, 0.05) is 0 Å². The van der Waals surface area contributed by atoms with Crippen molar-refractivity contribution in [1.82, 2.24) is 25.1 Å². The highest BCUT2D eigenvalue weighted by Crippen LogP contribution is 2.33. The SMILES string of the molecule is CCN(CC)[C@H](c1ccc(C)cc1)c1nnnn1C1CCCCC1. The van der Waals surface area contributed by atoms with E-state index in [-0.39, 0.29) is 6.04 Å². The van der Waals surface area contributed by atoms with Gasteiger partial charge in [0.2, 0.25) is 0 Å². The molecular weight excluding hydrogens is 298 g/mol. The van der Waals surface area contributed by atoms with Crippen molar-refractivity contribution in [1.29, 1.82) is 0 Å². The van der Waals surface area contributed by atoms with Gasteiger partial charge in [-0.25, -0.2) is 4.68 Å². The highest BCUT2D eigenvalue weighted by Gasteiger charge is 2.29. The lowest BCUT2D eigenvalue weighted by molar-refractivity contribution is 0.223. The third kappa shape index (κ3) is 3.51. The van der Waals surface area contributed by atoms with Gasteiger partial charge in [0.15, 0.2) is 5.82 Å². The monoisotopic (exact) mass is 327 g/mol. The number of tetrazole rings is 1. The van der Waals surface area contributed by atoms with Crippen LogP contribution in [0.1, 0.15) is 75.0 Å². The van der Waals surface area contributed by atoms with Crippen molar-refractivity contribution in [3.8, 4) is 0 Å². The van der Waals surface area contributed by atoms with E-state index < -0.39 is 0 Å². The van der Waals surface area contributed by atoms with Crippen LogP contribution in [0.2, 0.25) is 0 Å². The van der Waals surface area contributed by atoms with Crippen molar-refractivity contribution in [2.24, 2.45) is 0 Å². The molecule has 0 N–H and O–H groups in total. The summed E-state index contributed by atoms with van der Waals surface area (Å²) in [6.07, 6.45) is 6.29.